The van der Waals surface area contributed by atoms with E-state index in [-0.39, 0.29) is 6.03 Å². The Bertz CT molecular complexity index is 680. The number of urea groups is 1. The molecule has 1 aromatic carbocycles. The highest BCUT2D eigenvalue weighted by atomic mass is 32.1. The molecule has 1 aliphatic heterocycles. The Balaban J connectivity index is 1.50. The fraction of sp³-hybridized carbons (Fsp3) is 0.412. The molecule has 6 heteroatoms. The molecule has 0 aliphatic carbocycles. The molecule has 1 unspecified atom stereocenters. The highest BCUT2D eigenvalue weighted by Crippen LogP contribution is 2.25. The maximum atomic E-state index is 12.2. The number of benzene rings is 1. The monoisotopic (exact) mass is 332 g/mol. The lowest BCUT2D eigenvalue weighted by atomic mass is 9.99. The van der Waals surface area contributed by atoms with Crippen LogP contribution in [0.25, 0.3) is 10.1 Å². The number of hydrogen-bond donors (Lipinski definition) is 2. The molecule has 1 aromatic heterocycles. The number of likely N-dealkylation sites (tertiary alicyclic amines) is 1. The highest BCUT2D eigenvalue weighted by molar-refractivity contribution is 7.19. The van der Waals surface area contributed by atoms with Gasteiger partial charge in [0, 0.05) is 29.2 Å². The van der Waals surface area contributed by atoms with Crippen LogP contribution in [0.2, 0.25) is 0 Å². The van der Waals surface area contributed by atoms with Crippen molar-refractivity contribution in [3.8, 4) is 0 Å². The van der Waals surface area contributed by atoms with E-state index in [0.717, 1.165) is 12.8 Å². The molecule has 1 aliphatic rings. The molecular weight excluding hydrogens is 312 g/mol. The first-order valence-electron chi connectivity index (χ1n) is 7.86. The predicted molar refractivity (Wildman–Crippen MR) is 90.9 cm³/mol. The number of aliphatic carboxylic acids is 1. The van der Waals surface area contributed by atoms with Crippen molar-refractivity contribution in [3.05, 3.63) is 35.2 Å². The summed E-state index contributed by atoms with van der Waals surface area (Å²) < 4.78 is 1.26. The van der Waals surface area contributed by atoms with Crippen LogP contribution in [0.4, 0.5) is 4.79 Å². The van der Waals surface area contributed by atoms with Crippen molar-refractivity contribution in [2.24, 2.45) is 5.92 Å². The van der Waals surface area contributed by atoms with Gasteiger partial charge in [0.15, 0.2) is 0 Å². The van der Waals surface area contributed by atoms with Gasteiger partial charge in [-0.25, -0.2) is 4.79 Å². The van der Waals surface area contributed by atoms with Crippen LogP contribution in [-0.2, 0) is 11.2 Å². The number of nitrogens with one attached hydrogen (secondary N) is 1. The molecule has 2 heterocycles. The second-order valence-electron chi connectivity index (χ2n) is 5.86. The van der Waals surface area contributed by atoms with Crippen LogP contribution in [0.5, 0.6) is 0 Å². The molecule has 0 radical (unpaired) electrons. The summed E-state index contributed by atoms with van der Waals surface area (Å²) in [5.41, 5.74) is 0. The number of carbonyl (C=O) groups excluding carboxylic acids is 1. The zero-order chi connectivity index (χ0) is 16.2. The van der Waals surface area contributed by atoms with Crippen LogP contribution >= 0.6 is 11.3 Å². The Labute approximate surface area is 138 Å². The summed E-state index contributed by atoms with van der Waals surface area (Å²) in [5, 5.41) is 13.2. The molecule has 3 rings (SSSR count). The highest BCUT2D eigenvalue weighted by Gasteiger charge is 2.27. The number of rotatable bonds is 4. The number of hydrogen-bond acceptors (Lipinski definition) is 3. The quantitative estimate of drug-likeness (QED) is 0.904. The first kappa shape index (κ1) is 15.8. The Morgan fingerprint density at radius 3 is 2.96 bits per heavy atom. The second kappa shape index (κ2) is 7.00. The molecule has 23 heavy (non-hydrogen) atoms. The van der Waals surface area contributed by atoms with E-state index in [1.165, 1.54) is 15.0 Å². The van der Waals surface area contributed by atoms with E-state index in [2.05, 4.69) is 23.5 Å². The zero-order valence-electron chi connectivity index (χ0n) is 12.8. The van der Waals surface area contributed by atoms with Crippen molar-refractivity contribution in [1.29, 1.82) is 0 Å². The summed E-state index contributed by atoms with van der Waals surface area (Å²) in [6.45, 7) is 1.52. The Morgan fingerprint density at radius 2 is 2.17 bits per heavy atom. The van der Waals surface area contributed by atoms with Crippen molar-refractivity contribution >= 4 is 33.4 Å². The topological polar surface area (TPSA) is 69.6 Å². The van der Waals surface area contributed by atoms with E-state index in [1.54, 1.807) is 16.2 Å². The summed E-state index contributed by atoms with van der Waals surface area (Å²) in [4.78, 5) is 26.1. The fourth-order valence-electron chi connectivity index (χ4n) is 2.93. The summed E-state index contributed by atoms with van der Waals surface area (Å²) in [7, 11) is 0. The van der Waals surface area contributed by atoms with E-state index in [0.29, 0.717) is 26.1 Å². The van der Waals surface area contributed by atoms with Crippen molar-refractivity contribution < 1.29 is 14.7 Å². The number of piperidine rings is 1. The van der Waals surface area contributed by atoms with Gasteiger partial charge in [0.1, 0.15) is 0 Å². The lowest BCUT2D eigenvalue weighted by molar-refractivity contribution is -0.143. The Kier molecular flexibility index (Phi) is 4.81. The van der Waals surface area contributed by atoms with E-state index < -0.39 is 11.9 Å². The van der Waals surface area contributed by atoms with Gasteiger partial charge in [-0.15, -0.1) is 11.3 Å². The average molecular weight is 332 g/mol. The third kappa shape index (κ3) is 3.82. The second-order valence-corrected chi connectivity index (χ2v) is 7.02. The summed E-state index contributed by atoms with van der Waals surface area (Å²) in [6.07, 6.45) is 2.20. The van der Waals surface area contributed by atoms with E-state index in [4.69, 9.17) is 5.11 Å². The molecule has 122 valence electrons. The Hall–Kier alpha value is -2.08. The number of carboxylic acids is 1. The molecule has 5 nitrogen and oxygen atoms in total. The molecule has 0 saturated carbocycles. The molecule has 2 N–H and O–H groups in total. The van der Waals surface area contributed by atoms with Crippen LogP contribution in [0.3, 0.4) is 0 Å². The number of carboxylic acid groups (broad SMARTS) is 1. The van der Waals surface area contributed by atoms with Crippen LogP contribution in [0, 0.1) is 5.92 Å². The number of thiophene rings is 1. The Morgan fingerprint density at radius 1 is 1.35 bits per heavy atom. The summed E-state index contributed by atoms with van der Waals surface area (Å²) in [5.74, 6) is -1.25. The first-order chi connectivity index (χ1) is 11.1. The van der Waals surface area contributed by atoms with Crippen molar-refractivity contribution in [2.45, 2.75) is 19.3 Å². The summed E-state index contributed by atoms with van der Waals surface area (Å²) in [6, 6.07) is 10.2. The average Bonchev–Trinajstić information content (AvgIpc) is 2.97. The van der Waals surface area contributed by atoms with E-state index in [1.807, 2.05) is 12.1 Å². The van der Waals surface area contributed by atoms with Crippen LogP contribution < -0.4 is 5.32 Å². The van der Waals surface area contributed by atoms with Crippen LogP contribution in [-0.4, -0.2) is 41.6 Å². The smallest absolute Gasteiger partial charge is 0.317 e. The largest absolute Gasteiger partial charge is 0.481 e. The van der Waals surface area contributed by atoms with Gasteiger partial charge in [0.25, 0.3) is 0 Å². The number of nitrogens with zero attached hydrogens (tertiary/aromatic N) is 1. The fourth-order valence-corrected chi connectivity index (χ4v) is 3.99. The van der Waals surface area contributed by atoms with Crippen molar-refractivity contribution in [3.63, 3.8) is 0 Å². The minimum Gasteiger partial charge on any atom is -0.481 e. The van der Waals surface area contributed by atoms with Gasteiger partial charge >= 0.3 is 12.0 Å². The van der Waals surface area contributed by atoms with E-state index in [9.17, 15) is 9.59 Å². The molecule has 2 aromatic rings. The van der Waals surface area contributed by atoms with Crippen LogP contribution in [0.1, 0.15) is 17.7 Å². The molecule has 1 atom stereocenters. The van der Waals surface area contributed by atoms with Gasteiger partial charge < -0.3 is 15.3 Å². The maximum absolute atomic E-state index is 12.2. The predicted octanol–water partition coefficient (Wildman–Crippen LogP) is 2.95. The molecule has 0 bridgehead atoms. The SMILES string of the molecule is O=C(O)C1CCCN(C(=O)NCCc2cc3ccccc3s2)C1. The van der Waals surface area contributed by atoms with Gasteiger partial charge in [0.2, 0.25) is 0 Å². The van der Waals surface area contributed by atoms with Gasteiger partial charge in [0.05, 0.1) is 5.92 Å². The lowest BCUT2D eigenvalue weighted by Gasteiger charge is -2.30. The van der Waals surface area contributed by atoms with Gasteiger partial charge in [-0.2, -0.15) is 0 Å². The minimum atomic E-state index is -0.812. The van der Waals surface area contributed by atoms with Gasteiger partial charge in [-0.1, -0.05) is 18.2 Å². The molecular formula is C17H20N2O3S. The van der Waals surface area contributed by atoms with Gasteiger partial charge in [-0.3, -0.25) is 4.79 Å². The zero-order valence-corrected chi connectivity index (χ0v) is 13.6. The number of fused-ring (bicyclic) bond motifs is 1. The molecule has 1 saturated heterocycles. The van der Waals surface area contributed by atoms with Crippen molar-refractivity contribution in [2.75, 3.05) is 19.6 Å². The number of amides is 2. The lowest BCUT2D eigenvalue weighted by Crippen LogP contribution is -2.47. The molecule has 1 fully saturated rings. The standard InChI is InChI=1S/C17H20N2O3S/c20-16(21)13-5-3-9-19(11-13)17(22)18-8-7-14-10-12-4-1-2-6-15(12)23-14/h1-2,4,6,10,13H,3,5,7-9,11H2,(H,18,22)(H,20,21). The van der Waals surface area contributed by atoms with Gasteiger partial charge in [-0.05, 0) is 36.8 Å². The third-order valence-corrected chi connectivity index (χ3v) is 5.36. The summed E-state index contributed by atoms with van der Waals surface area (Å²) >= 11 is 1.75. The van der Waals surface area contributed by atoms with Crippen LogP contribution in [0.15, 0.2) is 30.3 Å². The molecule has 0 spiro atoms. The maximum Gasteiger partial charge on any atom is 0.317 e. The minimum absolute atomic E-state index is 0.155. The van der Waals surface area contributed by atoms with E-state index >= 15 is 0 Å². The number of carbonyl (C=O) groups is 2. The van der Waals surface area contributed by atoms with Crippen molar-refractivity contribution in [1.82, 2.24) is 10.2 Å². The normalized spacial score (nSPS) is 18.1. The first-order valence-corrected chi connectivity index (χ1v) is 8.68. The third-order valence-electron chi connectivity index (χ3n) is 4.18. The molecule has 2 amide bonds.